The SMILES string of the molecule is CC(C)CN(CC1CCC2CCCCC2N1)C1CCCC1. The number of rotatable bonds is 5. The van der Waals surface area contributed by atoms with Crippen LogP contribution in [-0.4, -0.2) is 36.1 Å². The highest BCUT2D eigenvalue weighted by atomic mass is 15.2. The third kappa shape index (κ3) is 4.22. The van der Waals surface area contributed by atoms with Crippen molar-refractivity contribution in [1.82, 2.24) is 10.2 Å². The zero-order valence-electron chi connectivity index (χ0n) is 14.3. The molecule has 122 valence electrons. The van der Waals surface area contributed by atoms with E-state index in [0.29, 0.717) is 0 Å². The first-order valence-electron chi connectivity index (χ1n) is 9.72. The summed E-state index contributed by atoms with van der Waals surface area (Å²) in [7, 11) is 0. The Kier molecular flexibility index (Phi) is 5.61. The number of piperidine rings is 1. The second-order valence-electron chi connectivity index (χ2n) is 8.38. The lowest BCUT2D eigenvalue weighted by atomic mass is 9.77. The molecule has 0 radical (unpaired) electrons. The van der Waals surface area contributed by atoms with E-state index < -0.39 is 0 Å². The first-order valence-corrected chi connectivity index (χ1v) is 9.72. The molecule has 0 amide bonds. The molecule has 0 bridgehead atoms. The van der Waals surface area contributed by atoms with Gasteiger partial charge in [-0.2, -0.15) is 0 Å². The molecule has 1 aliphatic heterocycles. The lowest BCUT2D eigenvalue weighted by molar-refractivity contribution is 0.114. The van der Waals surface area contributed by atoms with Gasteiger partial charge < -0.3 is 5.32 Å². The van der Waals surface area contributed by atoms with E-state index in [1.54, 1.807) is 0 Å². The van der Waals surface area contributed by atoms with E-state index in [1.165, 1.54) is 77.3 Å². The lowest BCUT2D eigenvalue weighted by Crippen LogP contribution is -2.54. The van der Waals surface area contributed by atoms with Gasteiger partial charge in [0.25, 0.3) is 0 Å². The predicted octanol–water partition coefficient (Wildman–Crippen LogP) is 4.20. The molecule has 1 heterocycles. The average molecular weight is 293 g/mol. The number of nitrogens with zero attached hydrogens (tertiary/aromatic N) is 1. The van der Waals surface area contributed by atoms with Crippen molar-refractivity contribution in [2.75, 3.05) is 13.1 Å². The summed E-state index contributed by atoms with van der Waals surface area (Å²) in [5.41, 5.74) is 0. The van der Waals surface area contributed by atoms with Gasteiger partial charge in [0.05, 0.1) is 0 Å². The van der Waals surface area contributed by atoms with Crippen LogP contribution in [0.1, 0.15) is 78.1 Å². The maximum atomic E-state index is 4.04. The van der Waals surface area contributed by atoms with Crippen LogP contribution in [0.15, 0.2) is 0 Å². The normalized spacial score (nSPS) is 34.6. The summed E-state index contributed by atoms with van der Waals surface area (Å²) in [4.78, 5) is 2.85. The van der Waals surface area contributed by atoms with Crippen LogP contribution in [0.2, 0.25) is 0 Å². The molecule has 3 unspecified atom stereocenters. The van der Waals surface area contributed by atoms with E-state index in [1.807, 2.05) is 0 Å². The molecular weight excluding hydrogens is 256 g/mol. The minimum absolute atomic E-state index is 0.767. The van der Waals surface area contributed by atoms with Gasteiger partial charge in [-0.25, -0.2) is 0 Å². The van der Waals surface area contributed by atoms with E-state index in [4.69, 9.17) is 0 Å². The van der Waals surface area contributed by atoms with Gasteiger partial charge in [-0.05, 0) is 50.4 Å². The molecule has 3 fully saturated rings. The first-order chi connectivity index (χ1) is 10.2. The van der Waals surface area contributed by atoms with Crippen LogP contribution in [-0.2, 0) is 0 Å². The Hall–Kier alpha value is -0.0800. The van der Waals surface area contributed by atoms with Crippen molar-refractivity contribution in [1.29, 1.82) is 0 Å². The van der Waals surface area contributed by atoms with Gasteiger partial charge in [-0.1, -0.05) is 39.5 Å². The Morgan fingerprint density at radius 3 is 2.38 bits per heavy atom. The molecule has 3 aliphatic rings. The van der Waals surface area contributed by atoms with Gasteiger partial charge in [0, 0.05) is 31.2 Å². The second-order valence-corrected chi connectivity index (χ2v) is 8.38. The third-order valence-corrected chi connectivity index (χ3v) is 6.14. The number of fused-ring (bicyclic) bond motifs is 1. The van der Waals surface area contributed by atoms with E-state index in [-0.39, 0.29) is 0 Å². The van der Waals surface area contributed by atoms with Crippen molar-refractivity contribution in [3.8, 4) is 0 Å². The fourth-order valence-corrected chi connectivity index (χ4v) is 5.11. The van der Waals surface area contributed by atoms with Crippen molar-refractivity contribution < 1.29 is 0 Å². The number of hydrogen-bond acceptors (Lipinski definition) is 2. The van der Waals surface area contributed by atoms with Crippen molar-refractivity contribution in [3.63, 3.8) is 0 Å². The topological polar surface area (TPSA) is 15.3 Å². The largest absolute Gasteiger partial charge is 0.310 e. The van der Waals surface area contributed by atoms with Crippen LogP contribution < -0.4 is 5.32 Å². The van der Waals surface area contributed by atoms with Crippen molar-refractivity contribution in [2.45, 2.75) is 96.2 Å². The Labute approximate surface area is 132 Å². The smallest absolute Gasteiger partial charge is 0.0197 e. The van der Waals surface area contributed by atoms with Crippen molar-refractivity contribution in [2.24, 2.45) is 11.8 Å². The highest BCUT2D eigenvalue weighted by molar-refractivity contribution is 4.91. The zero-order chi connectivity index (χ0) is 14.7. The molecule has 2 nitrogen and oxygen atoms in total. The predicted molar refractivity (Wildman–Crippen MR) is 90.6 cm³/mol. The van der Waals surface area contributed by atoms with Crippen LogP contribution in [0, 0.1) is 11.8 Å². The first kappa shape index (κ1) is 15.8. The number of nitrogens with one attached hydrogen (secondary N) is 1. The summed E-state index contributed by atoms with van der Waals surface area (Å²) in [5, 5.41) is 4.04. The molecule has 2 saturated carbocycles. The van der Waals surface area contributed by atoms with Crippen LogP contribution in [0.5, 0.6) is 0 Å². The van der Waals surface area contributed by atoms with E-state index in [0.717, 1.165) is 30.0 Å². The molecule has 0 aromatic rings. The summed E-state index contributed by atoms with van der Waals surface area (Å²) in [6, 6.07) is 2.50. The minimum Gasteiger partial charge on any atom is -0.310 e. The van der Waals surface area contributed by atoms with Gasteiger partial charge in [0.2, 0.25) is 0 Å². The fourth-order valence-electron chi connectivity index (χ4n) is 5.11. The minimum atomic E-state index is 0.767. The van der Waals surface area contributed by atoms with E-state index in [9.17, 15) is 0 Å². The van der Waals surface area contributed by atoms with Crippen LogP contribution in [0.25, 0.3) is 0 Å². The molecule has 2 aliphatic carbocycles. The third-order valence-electron chi connectivity index (χ3n) is 6.14. The molecule has 2 heteroatoms. The maximum absolute atomic E-state index is 4.04. The zero-order valence-corrected chi connectivity index (χ0v) is 14.3. The molecular formula is C19H36N2. The monoisotopic (exact) mass is 292 g/mol. The van der Waals surface area contributed by atoms with Gasteiger partial charge in [0.1, 0.15) is 0 Å². The van der Waals surface area contributed by atoms with Crippen LogP contribution in [0.4, 0.5) is 0 Å². The van der Waals surface area contributed by atoms with Crippen molar-refractivity contribution in [3.05, 3.63) is 0 Å². The van der Waals surface area contributed by atoms with E-state index in [2.05, 4.69) is 24.1 Å². The van der Waals surface area contributed by atoms with Gasteiger partial charge in [-0.15, -0.1) is 0 Å². The lowest BCUT2D eigenvalue weighted by Gasteiger charge is -2.43. The number of hydrogen-bond donors (Lipinski definition) is 1. The Bertz CT molecular complexity index is 309. The maximum Gasteiger partial charge on any atom is 0.0197 e. The summed E-state index contributed by atoms with van der Waals surface area (Å²) in [6.45, 7) is 7.38. The Balaban J connectivity index is 1.54. The molecule has 21 heavy (non-hydrogen) atoms. The standard InChI is InChI=1S/C19H36N2/c1-15(2)13-21(18-8-4-5-9-18)14-17-12-11-16-7-3-6-10-19(16)20-17/h15-20H,3-14H2,1-2H3. The fraction of sp³-hybridized carbons (Fsp3) is 1.00. The Morgan fingerprint density at radius 1 is 0.905 bits per heavy atom. The molecule has 3 atom stereocenters. The quantitative estimate of drug-likeness (QED) is 0.817. The highest BCUT2D eigenvalue weighted by Gasteiger charge is 2.33. The van der Waals surface area contributed by atoms with Gasteiger partial charge >= 0.3 is 0 Å². The van der Waals surface area contributed by atoms with Crippen LogP contribution in [0.3, 0.4) is 0 Å². The molecule has 0 aromatic carbocycles. The summed E-state index contributed by atoms with van der Waals surface area (Å²) in [6.07, 6.45) is 14.6. The molecule has 0 spiro atoms. The van der Waals surface area contributed by atoms with Crippen LogP contribution >= 0.6 is 0 Å². The Morgan fingerprint density at radius 2 is 1.62 bits per heavy atom. The second kappa shape index (κ2) is 7.46. The average Bonchev–Trinajstić information content (AvgIpc) is 3.00. The molecule has 3 rings (SSSR count). The summed E-state index contributed by atoms with van der Waals surface area (Å²) in [5.74, 6) is 1.80. The van der Waals surface area contributed by atoms with E-state index >= 15 is 0 Å². The van der Waals surface area contributed by atoms with Gasteiger partial charge in [0.15, 0.2) is 0 Å². The summed E-state index contributed by atoms with van der Waals surface area (Å²) < 4.78 is 0. The molecule has 0 aromatic heterocycles. The van der Waals surface area contributed by atoms with Gasteiger partial charge in [-0.3, -0.25) is 4.90 Å². The molecule has 1 N–H and O–H groups in total. The summed E-state index contributed by atoms with van der Waals surface area (Å²) >= 11 is 0. The molecule has 1 saturated heterocycles. The highest BCUT2D eigenvalue weighted by Crippen LogP contribution is 2.33. The van der Waals surface area contributed by atoms with Crippen molar-refractivity contribution >= 4 is 0 Å².